The zero-order valence-electron chi connectivity index (χ0n) is 3.82. The molecular weight excluding hydrogens is 260 g/mol. The summed E-state index contributed by atoms with van der Waals surface area (Å²) in [4.78, 5) is 0. The van der Waals surface area contributed by atoms with Crippen molar-refractivity contribution in [1.29, 1.82) is 0 Å². The minimum atomic E-state index is 0. The molecule has 0 saturated carbocycles. The normalized spacial score (nSPS) is 0. The molecule has 0 fully saturated rings. The van der Waals surface area contributed by atoms with Gasteiger partial charge in [0.15, 0.2) is 0 Å². The van der Waals surface area contributed by atoms with Gasteiger partial charge in [-0.1, -0.05) is 0 Å². The fraction of sp³-hybridized carbons (Fsp3) is 0. The Bertz CT molecular complexity index is 11.6. The fourth-order valence-electron chi connectivity index (χ4n) is 0. The maximum absolute atomic E-state index is 0. The average Bonchev–Trinajstić information content (AvgIpc) is 0. The quantitative estimate of drug-likeness (QED) is 0.315. The molecule has 0 amide bonds. The van der Waals surface area contributed by atoms with E-state index in [4.69, 9.17) is 0 Å². The van der Waals surface area contributed by atoms with Crippen molar-refractivity contribution < 1.29 is 0 Å². The number of halogens is 1. The molecule has 1 unspecified atom stereocenters. The molecule has 4 radical (unpaired) electrons. The van der Waals surface area contributed by atoms with Crippen molar-refractivity contribution in [2.75, 3.05) is 0 Å². The average molecular weight is 264 g/mol. The molecule has 0 aliphatic heterocycles. The molecule has 5 heteroatoms. The predicted molar refractivity (Wildman–Crippen MR) is 43.8 cm³/mol. The van der Waals surface area contributed by atoms with Crippen molar-refractivity contribution in [2.24, 2.45) is 0 Å². The van der Waals surface area contributed by atoms with Gasteiger partial charge in [0.1, 0.15) is 0 Å². The zero-order valence-corrected chi connectivity index (χ0v) is 14.9. The summed E-state index contributed by atoms with van der Waals surface area (Å²) in [5.74, 6) is 0. The number of rotatable bonds is 0. The third kappa shape index (κ3) is 17.6. The van der Waals surface area contributed by atoms with Crippen LogP contribution in [0, 0.1) is 0 Å². The smallest absolute Gasteiger partial charge is 0 e. The second kappa shape index (κ2) is 23.0. The summed E-state index contributed by atoms with van der Waals surface area (Å²) in [6.45, 7) is 0. The van der Waals surface area contributed by atoms with E-state index in [1.807, 2.05) is 0 Å². The van der Waals surface area contributed by atoms with Crippen LogP contribution in [0.5, 0.6) is 0 Å². The Balaban J connectivity index is 0. The topological polar surface area (TPSA) is 0 Å². The van der Waals surface area contributed by atoms with Crippen molar-refractivity contribution in [2.45, 2.75) is 0 Å². The Kier molecular flexibility index (Phi) is 148. The Morgan fingerprint density at radius 2 is 1.00 bits per heavy atom. The number of hydrogen-bond donors (Lipinski definition) is 0. The molecule has 0 aliphatic carbocycles. The largest absolute Gasteiger partial charge is 0.153 e. The van der Waals surface area contributed by atoms with Gasteiger partial charge < -0.3 is 0 Å². The molecule has 0 spiro atoms. The van der Waals surface area contributed by atoms with Gasteiger partial charge >= 0.3 is 0 Å². The van der Waals surface area contributed by atoms with Gasteiger partial charge in [0.05, 0.1) is 0 Å². The first kappa shape index (κ1) is 32.3. The monoisotopic (exact) mass is 264 g/mol. The van der Waals surface area contributed by atoms with Crippen LogP contribution in [0.4, 0.5) is 0 Å². The van der Waals surface area contributed by atoms with Gasteiger partial charge in [-0.3, -0.25) is 0 Å². The molecule has 0 saturated heterocycles. The summed E-state index contributed by atoms with van der Waals surface area (Å²) >= 11 is 0. The number of hydrogen-bond acceptors (Lipinski definition) is 0. The fourth-order valence-corrected chi connectivity index (χ4v) is 0. The molecule has 20 valence electrons. The molecule has 0 rings (SSSR count). The summed E-state index contributed by atoms with van der Waals surface area (Å²) in [6.07, 6.45) is 0. The van der Waals surface area contributed by atoms with Gasteiger partial charge in [-0.25, -0.2) is 0 Å². The predicted octanol–water partition coefficient (Wildman–Crippen LogP) is -0.466. The Morgan fingerprint density at radius 3 is 1.00 bits per heavy atom. The van der Waals surface area contributed by atoms with E-state index in [2.05, 4.69) is 0 Å². The van der Waals surface area contributed by atoms with Gasteiger partial charge in [-0.2, -0.15) is 9.90 Å². The second-order valence-corrected chi connectivity index (χ2v) is 0. The maximum atomic E-state index is 0. The summed E-state index contributed by atoms with van der Waals surface area (Å²) < 4.78 is 0. The first-order valence-electron chi connectivity index (χ1n) is 0. The first-order chi connectivity index (χ1) is 0. The van der Waals surface area contributed by atoms with E-state index in [1.54, 1.807) is 0 Å². The Labute approximate surface area is 148 Å². The Morgan fingerprint density at radius 1 is 1.00 bits per heavy atom. The summed E-state index contributed by atoms with van der Waals surface area (Å²) in [7, 11) is 0. The summed E-state index contributed by atoms with van der Waals surface area (Å²) in [6, 6.07) is 0. The molecular formula is H4CaIKNaP. The van der Waals surface area contributed by atoms with Crippen LogP contribution < -0.4 is 0 Å². The van der Waals surface area contributed by atoms with Gasteiger partial charge in [-0.15, -0.1) is 24.0 Å². The molecule has 0 aromatic rings. The van der Waals surface area contributed by atoms with Crippen molar-refractivity contribution in [3.05, 3.63) is 0 Å². The SMILES string of the molecule is I.P.[Ca].[K].[Na]. The van der Waals surface area contributed by atoms with Crippen LogP contribution in [-0.2, 0) is 0 Å². The van der Waals surface area contributed by atoms with Crippen LogP contribution in [0.15, 0.2) is 0 Å². The molecule has 0 N–H and O–H groups in total. The van der Waals surface area contributed by atoms with E-state index in [-0.39, 0.29) is 153 Å². The zero-order chi connectivity index (χ0) is 0. The summed E-state index contributed by atoms with van der Waals surface area (Å²) in [5, 5.41) is 0. The van der Waals surface area contributed by atoms with E-state index in [9.17, 15) is 0 Å². The van der Waals surface area contributed by atoms with Gasteiger partial charge in [0.2, 0.25) is 0 Å². The molecule has 0 nitrogen and oxygen atoms in total. The molecule has 1 atom stereocenters. The molecule has 0 aromatic heterocycles. The van der Waals surface area contributed by atoms with Gasteiger partial charge in [0, 0.05) is 119 Å². The van der Waals surface area contributed by atoms with Crippen molar-refractivity contribution in [3.8, 4) is 0 Å². The second-order valence-electron chi connectivity index (χ2n) is 0. The van der Waals surface area contributed by atoms with E-state index in [0.717, 1.165) is 0 Å². The molecule has 0 aromatic carbocycles. The van der Waals surface area contributed by atoms with Crippen LogP contribution in [0.3, 0.4) is 0 Å². The maximum Gasteiger partial charge on any atom is 0 e. The molecule has 0 bridgehead atoms. The Hall–Kier alpha value is 5.06. The standard InChI is InChI=1S/Ca.HI.K.Na.H3P/h;1H;;;1H3. The van der Waals surface area contributed by atoms with Crippen LogP contribution in [0.2, 0.25) is 0 Å². The molecule has 0 aliphatic rings. The minimum Gasteiger partial charge on any atom is -0.153 e. The van der Waals surface area contributed by atoms with Crippen molar-refractivity contribution >= 4 is 153 Å². The molecule has 5 heavy (non-hydrogen) atoms. The van der Waals surface area contributed by atoms with Crippen LogP contribution in [0.1, 0.15) is 0 Å². The van der Waals surface area contributed by atoms with Crippen LogP contribution >= 0.6 is 33.9 Å². The van der Waals surface area contributed by atoms with Gasteiger partial charge in [-0.05, 0) is 0 Å². The third-order valence-electron chi connectivity index (χ3n) is 0. The van der Waals surface area contributed by atoms with E-state index in [1.165, 1.54) is 0 Å². The van der Waals surface area contributed by atoms with E-state index >= 15 is 0 Å². The van der Waals surface area contributed by atoms with Crippen LogP contribution in [0.25, 0.3) is 0 Å². The van der Waals surface area contributed by atoms with E-state index in [0.29, 0.717) is 0 Å². The van der Waals surface area contributed by atoms with Crippen molar-refractivity contribution in [1.82, 2.24) is 0 Å². The minimum absolute atomic E-state index is 0. The van der Waals surface area contributed by atoms with E-state index < -0.39 is 0 Å². The summed E-state index contributed by atoms with van der Waals surface area (Å²) in [5.41, 5.74) is 0. The third-order valence-corrected chi connectivity index (χ3v) is 0. The van der Waals surface area contributed by atoms with Crippen molar-refractivity contribution in [3.63, 3.8) is 0 Å². The van der Waals surface area contributed by atoms with Gasteiger partial charge in [0.25, 0.3) is 0 Å². The molecule has 0 heterocycles. The first-order valence-corrected chi connectivity index (χ1v) is 0. The van der Waals surface area contributed by atoms with Crippen LogP contribution in [-0.4, -0.2) is 119 Å².